The van der Waals surface area contributed by atoms with E-state index >= 15 is 0 Å². The van der Waals surface area contributed by atoms with E-state index in [2.05, 4.69) is 61.8 Å². The number of para-hydroxylation sites is 1. The minimum atomic E-state index is -4.04. The number of nitrogens with zero attached hydrogens (tertiary/aromatic N) is 1. The summed E-state index contributed by atoms with van der Waals surface area (Å²) in [7, 11) is 1.81. The van der Waals surface area contributed by atoms with Gasteiger partial charge in [0.1, 0.15) is 11.8 Å². The lowest BCUT2D eigenvalue weighted by atomic mass is 10.0. The van der Waals surface area contributed by atoms with E-state index in [1.54, 1.807) is 0 Å². The number of aryl methyl sites for hydroxylation is 1. The predicted octanol–water partition coefficient (Wildman–Crippen LogP) is 12.5. The fourth-order valence-corrected chi connectivity index (χ4v) is 6.88. The molecule has 0 spiro atoms. The van der Waals surface area contributed by atoms with Gasteiger partial charge < -0.3 is 15.0 Å². The van der Waals surface area contributed by atoms with E-state index in [1.165, 1.54) is 44.1 Å². The van der Waals surface area contributed by atoms with E-state index in [0.29, 0.717) is 30.9 Å². The molecule has 0 saturated heterocycles. The first-order valence-electron chi connectivity index (χ1n) is 19.5. The van der Waals surface area contributed by atoms with Crippen molar-refractivity contribution in [3.63, 3.8) is 0 Å². The third-order valence-corrected chi connectivity index (χ3v) is 10.6. The van der Waals surface area contributed by atoms with Crippen molar-refractivity contribution in [1.29, 1.82) is 0 Å². The lowest BCUT2D eigenvalue weighted by Gasteiger charge is -2.29. The zero-order valence-electron chi connectivity index (χ0n) is 31.4. The van der Waals surface area contributed by atoms with Gasteiger partial charge in [-0.1, -0.05) is 126 Å². The van der Waals surface area contributed by atoms with E-state index in [4.69, 9.17) is 4.74 Å². The molecule has 1 N–H and O–H groups in total. The van der Waals surface area contributed by atoms with Crippen molar-refractivity contribution in [2.75, 3.05) is 25.1 Å². The maximum Gasteiger partial charge on any atom is 0.389 e. The van der Waals surface area contributed by atoms with Crippen LogP contribution in [-0.2, 0) is 17.6 Å². The number of hydrogen-bond donors (Lipinski definition) is 3. The van der Waals surface area contributed by atoms with Gasteiger partial charge in [0, 0.05) is 34.0 Å². The first kappa shape index (κ1) is 43.8. The Bertz CT molecular complexity index is 1430. The van der Waals surface area contributed by atoms with Crippen molar-refractivity contribution < 1.29 is 22.7 Å². The third-order valence-electron chi connectivity index (χ3n) is 9.63. The molecule has 0 saturated carbocycles. The average Bonchev–Trinajstić information content (AvgIpc) is 3.12. The molecule has 4 nitrogen and oxygen atoms in total. The van der Waals surface area contributed by atoms with Crippen molar-refractivity contribution in [2.24, 2.45) is 0 Å². The molecule has 0 heterocycles. The van der Waals surface area contributed by atoms with Gasteiger partial charge in [0.15, 0.2) is 0 Å². The Morgan fingerprint density at radius 2 is 1.31 bits per heavy atom. The van der Waals surface area contributed by atoms with Crippen molar-refractivity contribution in [1.82, 2.24) is 5.32 Å². The van der Waals surface area contributed by atoms with Crippen LogP contribution in [0.4, 0.5) is 18.9 Å². The number of carbonyl (C=O) groups is 1. The van der Waals surface area contributed by atoms with E-state index in [1.807, 2.05) is 54.4 Å². The van der Waals surface area contributed by atoms with Gasteiger partial charge in [-0.15, -0.1) is 25.3 Å². The highest BCUT2D eigenvalue weighted by Crippen LogP contribution is 2.31. The Kier molecular flexibility index (Phi) is 20.8. The molecule has 0 bridgehead atoms. The molecule has 1 atom stereocenters. The molecule has 3 aromatic rings. The van der Waals surface area contributed by atoms with Crippen LogP contribution in [0.1, 0.15) is 132 Å². The van der Waals surface area contributed by atoms with Crippen molar-refractivity contribution >= 4 is 36.9 Å². The quantitative estimate of drug-likeness (QED) is 0.0564. The van der Waals surface area contributed by atoms with Crippen LogP contribution in [-0.4, -0.2) is 32.3 Å². The molecule has 52 heavy (non-hydrogen) atoms. The molecule has 0 aromatic heterocycles. The summed E-state index contributed by atoms with van der Waals surface area (Å²) in [6.07, 6.45) is 12.7. The van der Waals surface area contributed by atoms with Crippen LogP contribution < -0.4 is 15.0 Å². The summed E-state index contributed by atoms with van der Waals surface area (Å²) >= 11 is 9.11. The van der Waals surface area contributed by atoms with E-state index in [0.717, 1.165) is 78.8 Å². The number of rotatable bonds is 26. The third kappa shape index (κ3) is 16.6. The molecule has 0 radical (unpaired) electrons. The van der Waals surface area contributed by atoms with Crippen molar-refractivity contribution in [3.05, 3.63) is 83.4 Å². The Hall–Kier alpha value is -2.62. The maximum absolute atomic E-state index is 14.4. The summed E-state index contributed by atoms with van der Waals surface area (Å²) in [6.45, 7) is 3.35. The van der Waals surface area contributed by atoms with Gasteiger partial charge in [-0.05, 0) is 74.5 Å². The highest BCUT2D eigenvalue weighted by atomic mass is 32.1. The van der Waals surface area contributed by atoms with Gasteiger partial charge in [0.25, 0.3) is 0 Å². The van der Waals surface area contributed by atoms with Crippen LogP contribution in [0.3, 0.4) is 0 Å². The SMILES string of the molecule is CCCCCCCCCCOc1ccccc1[C@H](NC)C(=O)N(CCc1ccc(CCCCCCCCCC(F)(F)F)cc1)c1ccc(S)c(S)c1. The molecular weight excluding hydrogens is 698 g/mol. The largest absolute Gasteiger partial charge is 0.493 e. The molecule has 3 rings (SSSR count). The summed E-state index contributed by atoms with van der Waals surface area (Å²) in [5.74, 6) is 0.664. The number of amides is 1. The number of alkyl halides is 3. The number of carbonyl (C=O) groups excluding carboxylic acids is 1. The second-order valence-corrected chi connectivity index (χ2v) is 14.9. The smallest absolute Gasteiger partial charge is 0.389 e. The lowest BCUT2D eigenvalue weighted by Crippen LogP contribution is -2.41. The van der Waals surface area contributed by atoms with Crippen LogP contribution in [0.25, 0.3) is 0 Å². The number of unbranched alkanes of at least 4 members (excludes halogenated alkanes) is 13. The number of thiol groups is 2. The Morgan fingerprint density at radius 3 is 1.92 bits per heavy atom. The first-order chi connectivity index (χ1) is 25.1. The van der Waals surface area contributed by atoms with Gasteiger partial charge in [-0.25, -0.2) is 0 Å². The summed E-state index contributed by atoms with van der Waals surface area (Å²) in [5, 5.41) is 3.28. The summed E-state index contributed by atoms with van der Waals surface area (Å²) in [5.41, 5.74) is 4.00. The molecule has 288 valence electrons. The van der Waals surface area contributed by atoms with Crippen LogP contribution in [0, 0.1) is 0 Å². The number of hydrogen-bond acceptors (Lipinski definition) is 5. The topological polar surface area (TPSA) is 41.6 Å². The molecule has 0 aliphatic carbocycles. The van der Waals surface area contributed by atoms with Crippen molar-refractivity contribution in [2.45, 2.75) is 145 Å². The van der Waals surface area contributed by atoms with Gasteiger partial charge in [-0.3, -0.25) is 4.79 Å². The van der Waals surface area contributed by atoms with Gasteiger partial charge in [-0.2, -0.15) is 13.2 Å². The molecule has 9 heteroatoms. The normalized spacial score (nSPS) is 12.2. The van der Waals surface area contributed by atoms with Crippen molar-refractivity contribution in [3.8, 4) is 5.75 Å². The van der Waals surface area contributed by atoms with Gasteiger partial charge in [0.05, 0.1) is 6.61 Å². The van der Waals surface area contributed by atoms with Crippen LogP contribution in [0.15, 0.2) is 76.5 Å². The summed E-state index contributed by atoms with van der Waals surface area (Å²) < 4.78 is 43.2. The second-order valence-electron chi connectivity index (χ2n) is 13.9. The molecule has 0 aliphatic rings. The number of halogens is 3. The van der Waals surface area contributed by atoms with E-state index in [-0.39, 0.29) is 12.3 Å². The molecule has 3 aromatic carbocycles. The van der Waals surface area contributed by atoms with E-state index in [9.17, 15) is 18.0 Å². The molecule has 0 fully saturated rings. The summed E-state index contributed by atoms with van der Waals surface area (Å²) in [4.78, 5) is 17.7. The highest BCUT2D eigenvalue weighted by molar-refractivity contribution is 7.83. The number of anilines is 1. The first-order valence-corrected chi connectivity index (χ1v) is 20.4. The molecule has 0 unspecified atom stereocenters. The van der Waals surface area contributed by atoms with Crippen LogP contribution in [0.2, 0.25) is 0 Å². The fraction of sp³-hybridized carbons (Fsp3) is 0.558. The molecule has 1 amide bonds. The van der Waals surface area contributed by atoms with Gasteiger partial charge >= 0.3 is 6.18 Å². The standard InChI is InChI=1S/C43H61F3N2O2S2/c1-3-4-5-6-7-11-14-19-32-50-38-22-17-16-21-37(38)41(47-2)42(49)48(36-27-28-39(51)40(52)33-36)31-29-35-25-23-34(24-26-35)20-15-12-9-8-10-13-18-30-43(44,45)46/h16-17,21-28,33,41,47,51-52H,3-15,18-20,29-32H2,1-2H3/t41-/m0/s1. The van der Waals surface area contributed by atoms with E-state index < -0.39 is 18.6 Å². The lowest BCUT2D eigenvalue weighted by molar-refractivity contribution is -0.135. The number of nitrogens with one attached hydrogen (secondary N) is 1. The van der Waals surface area contributed by atoms with Crippen LogP contribution in [0.5, 0.6) is 5.75 Å². The Balaban J connectivity index is 1.57. The zero-order chi connectivity index (χ0) is 37.6. The summed E-state index contributed by atoms with van der Waals surface area (Å²) in [6, 6.07) is 21.5. The average molecular weight is 759 g/mol. The Morgan fingerprint density at radius 1 is 0.731 bits per heavy atom. The highest BCUT2D eigenvalue weighted by Gasteiger charge is 2.28. The predicted molar refractivity (Wildman–Crippen MR) is 216 cm³/mol. The number of benzene rings is 3. The van der Waals surface area contributed by atoms with Crippen LogP contribution >= 0.6 is 25.3 Å². The monoisotopic (exact) mass is 758 g/mol. The maximum atomic E-state index is 14.4. The number of ether oxygens (including phenoxy) is 1. The Labute approximate surface area is 322 Å². The van der Waals surface area contributed by atoms with Gasteiger partial charge in [0.2, 0.25) is 5.91 Å². The zero-order valence-corrected chi connectivity index (χ0v) is 33.2. The second kappa shape index (κ2) is 24.6. The molecule has 0 aliphatic heterocycles. The fourth-order valence-electron chi connectivity index (χ4n) is 6.53. The minimum Gasteiger partial charge on any atom is -0.493 e. The molecular formula is C43H61F3N2O2S2. The minimum absolute atomic E-state index is 0.0674. The number of likely N-dealkylation sites (N-methyl/N-ethyl adjacent to an activating group) is 1.